The molecule has 9 heteroatoms. The monoisotopic (exact) mass is 413 g/mol. The number of carbonyl (C=O) groups excluding carboxylic acids is 1. The third-order valence-corrected chi connectivity index (χ3v) is 5.91. The molecule has 8 nitrogen and oxygen atoms in total. The van der Waals surface area contributed by atoms with E-state index in [4.69, 9.17) is 14.4 Å². The minimum Gasteiger partial charge on any atom is -0.497 e. The van der Waals surface area contributed by atoms with Crippen LogP contribution < -0.4 is 15.2 Å². The summed E-state index contributed by atoms with van der Waals surface area (Å²) in [5.74, 6) is 1.03. The van der Waals surface area contributed by atoms with Gasteiger partial charge in [0.15, 0.2) is 5.76 Å². The lowest BCUT2D eigenvalue weighted by molar-refractivity contribution is -0.118. The second-order valence-electron chi connectivity index (χ2n) is 6.91. The maximum Gasteiger partial charge on any atom is 0.238 e. The lowest BCUT2D eigenvalue weighted by Gasteiger charge is -2.12. The Morgan fingerprint density at radius 1 is 1.17 bits per heavy atom. The smallest absolute Gasteiger partial charge is 0.238 e. The van der Waals surface area contributed by atoms with Gasteiger partial charge in [-0.05, 0) is 49.2 Å². The van der Waals surface area contributed by atoms with Gasteiger partial charge in [-0.15, -0.1) is 0 Å². The normalized spacial score (nSPS) is 15.0. The fourth-order valence-corrected chi connectivity index (χ4v) is 3.63. The van der Waals surface area contributed by atoms with E-state index in [2.05, 4.69) is 10.5 Å². The van der Waals surface area contributed by atoms with Crippen molar-refractivity contribution >= 4 is 21.6 Å². The molecule has 2 aromatic carbocycles. The third-order valence-electron chi connectivity index (χ3n) is 4.98. The molecule has 1 fully saturated rings. The van der Waals surface area contributed by atoms with Gasteiger partial charge in [-0.25, -0.2) is 13.6 Å². The van der Waals surface area contributed by atoms with Crippen LogP contribution in [-0.2, 0) is 20.2 Å². The van der Waals surface area contributed by atoms with Crippen LogP contribution in [0.2, 0.25) is 0 Å². The Hall–Kier alpha value is -3.17. The quantitative estimate of drug-likeness (QED) is 0.640. The van der Waals surface area contributed by atoms with E-state index < -0.39 is 15.4 Å². The van der Waals surface area contributed by atoms with Gasteiger partial charge in [-0.3, -0.25) is 4.79 Å². The van der Waals surface area contributed by atoms with Gasteiger partial charge in [0.2, 0.25) is 15.9 Å². The van der Waals surface area contributed by atoms with Crippen molar-refractivity contribution in [3.63, 3.8) is 0 Å². The zero-order valence-electron chi connectivity index (χ0n) is 15.6. The Balaban J connectivity index is 1.53. The number of nitrogens with two attached hydrogens (primary N) is 1. The van der Waals surface area contributed by atoms with Crippen LogP contribution in [-0.4, -0.2) is 26.6 Å². The molecule has 29 heavy (non-hydrogen) atoms. The van der Waals surface area contributed by atoms with Crippen LogP contribution in [0.1, 0.15) is 18.5 Å². The molecule has 1 aliphatic rings. The van der Waals surface area contributed by atoms with Crippen molar-refractivity contribution in [1.82, 2.24) is 5.16 Å². The predicted octanol–water partition coefficient (Wildman–Crippen LogP) is 2.67. The van der Waals surface area contributed by atoms with E-state index in [-0.39, 0.29) is 10.8 Å². The second-order valence-corrected chi connectivity index (χ2v) is 8.48. The van der Waals surface area contributed by atoms with Crippen LogP contribution >= 0.6 is 0 Å². The number of rotatable bonds is 6. The highest BCUT2D eigenvalue weighted by atomic mass is 32.2. The molecule has 1 aromatic heterocycles. The number of anilines is 1. The topological polar surface area (TPSA) is 125 Å². The van der Waals surface area contributed by atoms with Crippen molar-refractivity contribution in [2.24, 2.45) is 5.14 Å². The Morgan fingerprint density at radius 3 is 2.52 bits per heavy atom. The molecular formula is C20H19N3O5S. The van der Waals surface area contributed by atoms with E-state index in [1.807, 2.05) is 24.3 Å². The highest BCUT2D eigenvalue weighted by molar-refractivity contribution is 7.89. The number of ether oxygens (including phenoxy) is 1. The molecule has 0 atom stereocenters. The maximum atomic E-state index is 12.9. The molecule has 1 heterocycles. The predicted molar refractivity (Wildman–Crippen MR) is 106 cm³/mol. The molecule has 1 saturated carbocycles. The Kier molecular flexibility index (Phi) is 4.64. The molecule has 1 amide bonds. The van der Waals surface area contributed by atoms with Gasteiger partial charge in [-0.2, -0.15) is 0 Å². The molecule has 0 unspecified atom stereocenters. The first kappa shape index (κ1) is 19.2. The standard InChI is InChI=1S/C20H19N3O5S/c1-27-15-4-2-3-13(11-15)17-12-18(23-28-17)20(9-10-20)19(24)22-14-5-7-16(8-6-14)29(21,25)26/h2-8,11-12H,9-10H2,1H3,(H,22,24)(H2,21,25,26). The zero-order valence-corrected chi connectivity index (χ0v) is 16.4. The molecule has 0 radical (unpaired) electrons. The molecule has 0 spiro atoms. The van der Waals surface area contributed by atoms with Crippen LogP contribution in [0, 0.1) is 0 Å². The van der Waals surface area contributed by atoms with Crippen LogP contribution in [0.5, 0.6) is 5.75 Å². The van der Waals surface area contributed by atoms with Crippen molar-refractivity contribution in [1.29, 1.82) is 0 Å². The van der Waals surface area contributed by atoms with Crippen molar-refractivity contribution in [3.8, 4) is 17.1 Å². The van der Waals surface area contributed by atoms with E-state index in [0.29, 0.717) is 35.7 Å². The summed E-state index contributed by atoms with van der Waals surface area (Å²) in [7, 11) is -2.19. The molecule has 3 aromatic rings. The second kappa shape index (κ2) is 7.02. The van der Waals surface area contributed by atoms with Gasteiger partial charge in [0, 0.05) is 17.3 Å². The van der Waals surface area contributed by atoms with E-state index in [9.17, 15) is 13.2 Å². The lowest BCUT2D eigenvalue weighted by atomic mass is 10.00. The number of methoxy groups -OCH3 is 1. The summed E-state index contributed by atoms with van der Waals surface area (Å²) < 4.78 is 33.4. The molecular weight excluding hydrogens is 394 g/mol. The summed E-state index contributed by atoms with van der Waals surface area (Å²) >= 11 is 0. The Morgan fingerprint density at radius 2 is 1.90 bits per heavy atom. The van der Waals surface area contributed by atoms with Crippen LogP contribution in [0.25, 0.3) is 11.3 Å². The van der Waals surface area contributed by atoms with Crippen LogP contribution in [0.3, 0.4) is 0 Å². The number of sulfonamides is 1. The number of hydrogen-bond acceptors (Lipinski definition) is 6. The average molecular weight is 413 g/mol. The summed E-state index contributed by atoms with van der Waals surface area (Å²) in [5.41, 5.74) is 1.09. The molecule has 3 N–H and O–H groups in total. The van der Waals surface area contributed by atoms with E-state index in [1.165, 1.54) is 24.3 Å². The maximum absolute atomic E-state index is 12.9. The molecule has 150 valence electrons. The van der Waals surface area contributed by atoms with Crippen molar-refractivity contribution in [2.45, 2.75) is 23.2 Å². The number of benzene rings is 2. The molecule has 0 aliphatic heterocycles. The van der Waals surface area contributed by atoms with E-state index in [1.54, 1.807) is 13.2 Å². The minimum absolute atomic E-state index is 0.0175. The summed E-state index contributed by atoms with van der Waals surface area (Å²) in [6.45, 7) is 0. The number of amides is 1. The largest absolute Gasteiger partial charge is 0.497 e. The average Bonchev–Trinajstić information content (AvgIpc) is 3.37. The van der Waals surface area contributed by atoms with Crippen molar-refractivity contribution in [3.05, 3.63) is 60.3 Å². The molecule has 0 saturated heterocycles. The van der Waals surface area contributed by atoms with E-state index in [0.717, 1.165) is 5.56 Å². The summed E-state index contributed by atoms with van der Waals surface area (Å²) in [4.78, 5) is 12.9. The Bertz CT molecular complexity index is 1160. The van der Waals surface area contributed by atoms with Gasteiger partial charge >= 0.3 is 0 Å². The van der Waals surface area contributed by atoms with E-state index >= 15 is 0 Å². The summed E-state index contributed by atoms with van der Waals surface area (Å²) in [6.07, 6.45) is 1.30. The van der Waals surface area contributed by atoms with Crippen LogP contribution in [0.15, 0.2) is 64.0 Å². The third kappa shape index (κ3) is 3.74. The first-order valence-electron chi connectivity index (χ1n) is 8.88. The van der Waals surface area contributed by atoms with Gasteiger partial charge in [0.05, 0.1) is 23.1 Å². The number of nitrogens with one attached hydrogen (secondary N) is 1. The zero-order chi connectivity index (χ0) is 20.6. The van der Waals surface area contributed by atoms with Crippen molar-refractivity contribution < 1.29 is 22.5 Å². The molecule has 0 bridgehead atoms. The first-order chi connectivity index (χ1) is 13.8. The fourth-order valence-electron chi connectivity index (χ4n) is 3.12. The first-order valence-corrected chi connectivity index (χ1v) is 10.4. The van der Waals surface area contributed by atoms with Gasteiger partial charge in [-0.1, -0.05) is 17.3 Å². The van der Waals surface area contributed by atoms with Gasteiger partial charge < -0.3 is 14.6 Å². The number of hydrogen-bond donors (Lipinski definition) is 2. The highest BCUT2D eigenvalue weighted by Crippen LogP contribution is 2.49. The van der Waals surface area contributed by atoms with Gasteiger partial charge in [0.1, 0.15) is 5.75 Å². The number of carbonyl (C=O) groups is 1. The number of nitrogens with zero attached hydrogens (tertiary/aromatic N) is 1. The minimum atomic E-state index is -3.78. The van der Waals surface area contributed by atoms with Gasteiger partial charge in [0.25, 0.3) is 0 Å². The highest BCUT2D eigenvalue weighted by Gasteiger charge is 2.53. The number of primary sulfonamides is 1. The SMILES string of the molecule is COc1cccc(-c2cc(C3(C(=O)Nc4ccc(S(N)(=O)=O)cc4)CC3)no2)c1. The summed E-state index contributed by atoms with van der Waals surface area (Å²) in [5, 5.41) is 12.0. The number of aromatic nitrogens is 1. The summed E-state index contributed by atoms with van der Waals surface area (Å²) in [6, 6.07) is 14.8. The molecule has 4 rings (SSSR count). The molecule has 1 aliphatic carbocycles. The van der Waals surface area contributed by atoms with Crippen LogP contribution in [0.4, 0.5) is 5.69 Å². The Labute approximate surface area is 167 Å². The van der Waals surface area contributed by atoms with Crippen molar-refractivity contribution in [2.75, 3.05) is 12.4 Å². The lowest BCUT2D eigenvalue weighted by Crippen LogP contribution is -2.28. The fraction of sp³-hybridized carbons (Fsp3) is 0.200.